The molecule has 2 aromatic rings. The van der Waals surface area contributed by atoms with Crippen molar-refractivity contribution in [1.29, 1.82) is 0 Å². The minimum absolute atomic E-state index is 0.100. The number of nitrogen functional groups attached to an aromatic ring is 1. The Morgan fingerprint density at radius 1 is 1.25 bits per heavy atom. The summed E-state index contributed by atoms with van der Waals surface area (Å²) in [5, 5.41) is 3.38. The molecule has 3 N–H and O–H groups in total. The molecule has 1 amide bonds. The van der Waals surface area contributed by atoms with Crippen LogP contribution >= 0.6 is 39.3 Å². The van der Waals surface area contributed by atoms with E-state index in [9.17, 15) is 4.79 Å². The third kappa shape index (κ3) is 4.16. The fourth-order valence-electron chi connectivity index (χ4n) is 1.55. The molecule has 0 aliphatic carbocycles. The smallest absolute Gasteiger partial charge is 0.234 e. The van der Waals surface area contributed by atoms with Gasteiger partial charge in [-0.25, -0.2) is 0 Å². The molecule has 0 heterocycles. The molecule has 0 radical (unpaired) electrons. The monoisotopic (exact) mass is 370 g/mol. The van der Waals surface area contributed by atoms with Crippen molar-refractivity contribution in [2.24, 2.45) is 0 Å². The van der Waals surface area contributed by atoms with Crippen molar-refractivity contribution >= 4 is 56.6 Å². The van der Waals surface area contributed by atoms with Crippen molar-refractivity contribution in [1.82, 2.24) is 0 Å². The van der Waals surface area contributed by atoms with Crippen molar-refractivity contribution in [2.45, 2.75) is 4.90 Å². The van der Waals surface area contributed by atoms with E-state index in [2.05, 4.69) is 21.2 Å². The average Bonchev–Trinajstić information content (AvgIpc) is 2.41. The second-order valence-corrected chi connectivity index (χ2v) is 6.31. The largest absolute Gasteiger partial charge is 0.398 e. The molecule has 0 spiro atoms. The third-order valence-corrected chi connectivity index (χ3v) is 4.58. The molecule has 0 unspecified atom stereocenters. The third-order valence-electron chi connectivity index (χ3n) is 2.47. The lowest BCUT2D eigenvalue weighted by Gasteiger charge is -2.08. The Labute approximate surface area is 135 Å². The molecular formula is C14H12BrClN2OS. The number of carbonyl (C=O) groups excluding carboxylic acids is 1. The van der Waals surface area contributed by atoms with Gasteiger partial charge in [0.15, 0.2) is 0 Å². The SMILES string of the molecule is Nc1cccc(Cl)c1SCC(=O)Nc1ccc(Br)cc1. The summed E-state index contributed by atoms with van der Waals surface area (Å²) in [4.78, 5) is 12.6. The van der Waals surface area contributed by atoms with E-state index in [0.717, 1.165) is 15.1 Å². The average molecular weight is 372 g/mol. The number of rotatable bonds is 4. The normalized spacial score (nSPS) is 10.3. The number of thioether (sulfide) groups is 1. The van der Waals surface area contributed by atoms with Gasteiger partial charge in [0.05, 0.1) is 10.8 Å². The van der Waals surface area contributed by atoms with Crippen LogP contribution in [0, 0.1) is 0 Å². The summed E-state index contributed by atoms with van der Waals surface area (Å²) in [6.07, 6.45) is 0. The molecule has 6 heteroatoms. The summed E-state index contributed by atoms with van der Waals surface area (Å²) in [6.45, 7) is 0. The molecule has 20 heavy (non-hydrogen) atoms. The second-order valence-electron chi connectivity index (χ2n) is 4.00. The molecule has 2 aromatic carbocycles. The van der Waals surface area contributed by atoms with E-state index in [-0.39, 0.29) is 11.7 Å². The highest BCUT2D eigenvalue weighted by Gasteiger charge is 2.09. The zero-order valence-corrected chi connectivity index (χ0v) is 13.6. The Morgan fingerprint density at radius 2 is 1.95 bits per heavy atom. The van der Waals surface area contributed by atoms with Crippen LogP contribution in [0.3, 0.4) is 0 Å². The first-order valence-electron chi connectivity index (χ1n) is 5.78. The molecule has 0 aliphatic heterocycles. The number of hydrogen-bond acceptors (Lipinski definition) is 3. The molecule has 0 atom stereocenters. The lowest BCUT2D eigenvalue weighted by molar-refractivity contribution is -0.113. The molecule has 0 saturated heterocycles. The molecule has 0 fully saturated rings. The summed E-state index contributed by atoms with van der Waals surface area (Å²) in [7, 11) is 0. The van der Waals surface area contributed by atoms with Crippen LogP contribution in [0.5, 0.6) is 0 Å². The minimum Gasteiger partial charge on any atom is -0.398 e. The van der Waals surface area contributed by atoms with Crippen LogP contribution in [-0.4, -0.2) is 11.7 Å². The molecule has 0 aliphatic rings. The van der Waals surface area contributed by atoms with Crippen LogP contribution in [0.25, 0.3) is 0 Å². The predicted molar refractivity (Wildman–Crippen MR) is 89.4 cm³/mol. The molecule has 0 saturated carbocycles. The fraction of sp³-hybridized carbons (Fsp3) is 0.0714. The predicted octanol–water partition coefficient (Wildman–Crippen LogP) is 4.42. The van der Waals surface area contributed by atoms with Crippen LogP contribution in [0.2, 0.25) is 5.02 Å². The zero-order valence-electron chi connectivity index (χ0n) is 10.4. The highest BCUT2D eigenvalue weighted by Crippen LogP contribution is 2.32. The number of hydrogen-bond donors (Lipinski definition) is 2. The first kappa shape index (κ1) is 15.2. The van der Waals surface area contributed by atoms with Gasteiger partial charge in [0, 0.05) is 20.7 Å². The number of carbonyl (C=O) groups is 1. The summed E-state index contributed by atoms with van der Waals surface area (Å²) in [5.41, 5.74) is 7.17. The van der Waals surface area contributed by atoms with Crippen molar-refractivity contribution in [2.75, 3.05) is 16.8 Å². The van der Waals surface area contributed by atoms with Crippen LogP contribution in [0.4, 0.5) is 11.4 Å². The summed E-state index contributed by atoms with van der Waals surface area (Å²) < 4.78 is 0.966. The van der Waals surface area contributed by atoms with Crippen molar-refractivity contribution < 1.29 is 4.79 Å². The lowest BCUT2D eigenvalue weighted by atomic mass is 10.3. The summed E-state index contributed by atoms with van der Waals surface area (Å²) in [6, 6.07) is 12.7. The first-order chi connectivity index (χ1) is 9.56. The van der Waals surface area contributed by atoms with Gasteiger partial charge in [0.2, 0.25) is 5.91 Å². The Kier molecular flexibility index (Phi) is 5.34. The fourth-order valence-corrected chi connectivity index (χ4v) is 2.94. The van der Waals surface area contributed by atoms with Gasteiger partial charge in [-0.3, -0.25) is 4.79 Å². The summed E-state index contributed by atoms with van der Waals surface area (Å²) in [5.74, 6) is 0.154. The van der Waals surface area contributed by atoms with E-state index in [1.54, 1.807) is 18.2 Å². The quantitative estimate of drug-likeness (QED) is 0.618. The standard InChI is InChI=1S/C14H12BrClN2OS/c15-9-4-6-10(7-5-9)18-13(19)8-20-14-11(16)2-1-3-12(14)17/h1-7H,8,17H2,(H,18,19). The number of benzene rings is 2. The first-order valence-corrected chi connectivity index (χ1v) is 7.94. The lowest BCUT2D eigenvalue weighted by Crippen LogP contribution is -2.14. The van der Waals surface area contributed by atoms with E-state index in [1.807, 2.05) is 24.3 Å². The number of nitrogens with two attached hydrogens (primary N) is 1. The Bertz CT molecular complexity index is 599. The highest BCUT2D eigenvalue weighted by atomic mass is 79.9. The van der Waals surface area contributed by atoms with Crippen LogP contribution in [-0.2, 0) is 4.79 Å². The van der Waals surface area contributed by atoms with E-state index < -0.39 is 0 Å². The number of halogens is 2. The van der Waals surface area contributed by atoms with Gasteiger partial charge < -0.3 is 11.1 Å². The zero-order chi connectivity index (χ0) is 14.5. The Morgan fingerprint density at radius 3 is 2.60 bits per heavy atom. The molecule has 0 aromatic heterocycles. The van der Waals surface area contributed by atoms with Crippen molar-refractivity contribution in [3.63, 3.8) is 0 Å². The van der Waals surface area contributed by atoms with Crippen molar-refractivity contribution in [3.05, 3.63) is 52.0 Å². The Balaban J connectivity index is 1.94. The molecule has 2 rings (SSSR count). The van der Waals surface area contributed by atoms with E-state index >= 15 is 0 Å². The van der Waals surface area contributed by atoms with Gasteiger partial charge in [-0.1, -0.05) is 33.6 Å². The highest BCUT2D eigenvalue weighted by molar-refractivity contribution is 9.10. The van der Waals surface area contributed by atoms with E-state index in [1.165, 1.54) is 11.8 Å². The van der Waals surface area contributed by atoms with Crippen LogP contribution < -0.4 is 11.1 Å². The maximum Gasteiger partial charge on any atom is 0.234 e. The topological polar surface area (TPSA) is 55.1 Å². The van der Waals surface area contributed by atoms with E-state index in [4.69, 9.17) is 17.3 Å². The maximum absolute atomic E-state index is 11.9. The van der Waals surface area contributed by atoms with Gasteiger partial charge in [-0.05, 0) is 36.4 Å². The van der Waals surface area contributed by atoms with Gasteiger partial charge in [0.1, 0.15) is 0 Å². The number of nitrogens with one attached hydrogen (secondary N) is 1. The molecule has 0 bridgehead atoms. The van der Waals surface area contributed by atoms with Crippen LogP contribution in [0.15, 0.2) is 51.8 Å². The maximum atomic E-state index is 11.9. The molecular weight excluding hydrogens is 360 g/mol. The molecule has 104 valence electrons. The van der Waals surface area contributed by atoms with E-state index in [0.29, 0.717) is 10.7 Å². The van der Waals surface area contributed by atoms with Gasteiger partial charge in [-0.15, -0.1) is 11.8 Å². The minimum atomic E-state index is -0.100. The second kappa shape index (κ2) is 7.02. The molecule has 3 nitrogen and oxygen atoms in total. The summed E-state index contributed by atoms with van der Waals surface area (Å²) >= 11 is 10.7. The number of amides is 1. The van der Waals surface area contributed by atoms with Gasteiger partial charge in [-0.2, -0.15) is 0 Å². The number of anilines is 2. The van der Waals surface area contributed by atoms with Crippen molar-refractivity contribution in [3.8, 4) is 0 Å². The van der Waals surface area contributed by atoms with Crippen LogP contribution in [0.1, 0.15) is 0 Å². The van der Waals surface area contributed by atoms with Gasteiger partial charge >= 0.3 is 0 Å². The Hall–Kier alpha value is -1.17. The van der Waals surface area contributed by atoms with Gasteiger partial charge in [0.25, 0.3) is 0 Å².